The standard InChI is InChI=1S/C63H122O5/c1-3-5-7-9-11-13-15-17-18-19-20-21-22-23-24-25-26-27-28-29-30-31-32-33-34-35-36-37-38-39-40-41-42-43-44-46-47-49-51-53-55-57-62(65)67-60-61(59-64)68-63(66)58-56-54-52-50-48-45-16-14-12-10-8-6-4-2/h14,16,61,64H,3-13,15,17-60H2,1-2H3/b16-14-. The Bertz CT molecular complexity index is 994. The van der Waals surface area contributed by atoms with Crippen LogP contribution in [0.5, 0.6) is 0 Å². The Kier molecular flexibility index (Phi) is 58.7. The van der Waals surface area contributed by atoms with Gasteiger partial charge >= 0.3 is 11.9 Å². The fraction of sp³-hybridized carbons (Fsp3) is 0.937. The zero-order chi connectivity index (χ0) is 49.2. The Morgan fingerprint density at radius 2 is 0.544 bits per heavy atom. The minimum Gasteiger partial charge on any atom is -0.462 e. The number of aliphatic hydroxyl groups is 1. The van der Waals surface area contributed by atoms with E-state index in [-0.39, 0.29) is 25.2 Å². The molecule has 0 aliphatic rings. The molecule has 0 aliphatic carbocycles. The first-order chi connectivity index (χ1) is 33.6. The van der Waals surface area contributed by atoms with Gasteiger partial charge in [-0.2, -0.15) is 0 Å². The highest BCUT2D eigenvalue weighted by molar-refractivity contribution is 5.70. The van der Waals surface area contributed by atoms with E-state index < -0.39 is 6.10 Å². The molecule has 1 unspecified atom stereocenters. The molecule has 404 valence electrons. The van der Waals surface area contributed by atoms with Crippen molar-refractivity contribution in [3.63, 3.8) is 0 Å². The number of carbonyl (C=O) groups excluding carboxylic acids is 2. The van der Waals surface area contributed by atoms with Gasteiger partial charge < -0.3 is 14.6 Å². The van der Waals surface area contributed by atoms with Crippen molar-refractivity contribution in [2.45, 2.75) is 367 Å². The Hall–Kier alpha value is -1.36. The first-order valence-electron chi connectivity index (χ1n) is 31.2. The summed E-state index contributed by atoms with van der Waals surface area (Å²) in [5.74, 6) is -0.582. The number of allylic oxidation sites excluding steroid dienone is 2. The molecule has 68 heavy (non-hydrogen) atoms. The number of unbranched alkanes of at least 4 members (excludes halogenated alkanes) is 49. The lowest BCUT2D eigenvalue weighted by Gasteiger charge is -2.15. The number of rotatable bonds is 59. The number of hydrogen-bond donors (Lipinski definition) is 1. The molecule has 0 bridgehead atoms. The maximum Gasteiger partial charge on any atom is 0.306 e. The van der Waals surface area contributed by atoms with Gasteiger partial charge in [-0.25, -0.2) is 0 Å². The second-order valence-electron chi connectivity index (χ2n) is 21.5. The fourth-order valence-corrected chi connectivity index (χ4v) is 9.85. The van der Waals surface area contributed by atoms with Crippen LogP contribution in [-0.2, 0) is 19.1 Å². The summed E-state index contributed by atoms with van der Waals surface area (Å²) in [6.07, 6.45) is 75.4. The quantitative estimate of drug-likeness (QED) is 0.0374. The zero-order valence-corrected chi connectivity index (χ0v) is 46.4. The van der Waals surface area contributed by atoms with E-state index in [0.717, 1.165) is 38.5 Å². The molecule has 0 aromatic carbocycles. The van der Waals surface area contributed by atoms with E-state index >= 15 is 0 Å². The van der Waals surface area contributed by atoms with Gasteiger partial charge in [-0.1, -0.05) is 321 Å². The van der Waals surface area contributed by atoms with Gasteiger partial charge in [0.25, 0.3) is 0 Å². The minimum absolute atomic E-state index is 0.0625. The van der Waals surface area contributed by atoms with Gasteiger partial charge in [0, 0.05) is 12.8 Å². The third-order valence-corrected chi connectivity index (χ3v) is 14.6. The van der Waals surface area contributed by atoms with Crippen molar-refractivity contribution < 1.29 is 24.2 Å². The largest absolute Gasteiger partial charge is 0.462 e. The molecule has 5 nitrogen and oxygen atoms in total. The summed E-state index contributed by atoms with van der Waals surface area (Å²) < 4.78 is 10.7. The predicted octanol–water partition coefficient (Wildman–Crippen LogP) is 21.1. The Balaban J connectivity index is 3.30. The summed E-state index contributed by atoms with van der Waals surface area (Å²) in [5, 5.41) is 9.62. The number of esters is 2. The molecule has 0 radical (unpaired) electrons. The highest BCUT2D eigenvalue weighted by atomic mass is 16.6. The molecular weight excluding hydrogens is 837 g/mol. The van der Waals surface area contributed by atoms with Gasteiger partial charge in [-0.05, 0) is 38.5 Å². The lowest BCUT2D eigenvalue weighted by molar-refractivity contribution is -0.161. The third-order valence-electron chi connectivity index (χ3n) is 14.6. The number of carbonyl (C=O) groups is 2. The van der Waals surface area contributed by atoms with Crippen LogP contribution in [0, 0.1) is 0 Å². The van der Waals surface area contributed by atoms with Crippen LogP contribution in [0.15, 0.2) is 12.2 Å². The van der Waals surface area contributed by atoms with E-state index in [1.165, 1.54) is 295 Å². The van der Waals surface area contributed by atoms with Crippen LogP contribution in [0.2, 0.25) is 0 Å². The predicted molar refractivity (Wildman–Crippen MR) is 298 cm³/mol. The highest BCUT2D eigenvalue weighted by Crippen LogP contribution is 2.19. The van der Waals surface area contributed by atoms with Crippen molar-refractivity contribution in [1.29, 1.82) is 0 Å². The molecule has 0 saturated heterocycles. The zero-order valence-electron chi connectivity index (χ0n) is 46.4. The highest BCUT2D eigenvalue weighted by Gasteiger charge is 2.16. The summed E-state index contributed by atoms with van der Waals surface area (Å²) in [6, 6.07) is 0. The molecule has 0 amide bonds. The van der Waals surface area contributed by atoms with Crippen molar-refractivity contribution in [3.05, 3.63) is 12.2 Å². The van der Waals surface area contributed by atoms with E-state index in [1.807, 2.05) is 0 Å². The molecule has 5 heteroatoms. The Morgan fingerprint density at radius 3 is 0.809 bits per heavy atom. The van der Waals surface area contributed by atoms with Gasteiger partial charge in [-0.15, -0.1) is 0 Å². The van der Waals surface area contributed by atoms with Gasteiger partial charge in [0.05, 0.1) is 6.61 Å². The Morgan fingerprint density at radius 1 is 0.324 bits per heavy atom. The van der Waals surface area contributed by atoms with Gasteiger partial charge in [0.2, 0.25) is 0 Å². The normalized spacial score (nSPS) is 12.1. The first kappa shape index (κ1) is 66.6. The van der Waals surface area contributed by atoms with E-state index in [4.69, 9.17) is 9.47 Å². The summed E-state index contributed by atoms with van der Waals surface area (Å²) >= 11 is 0. The van der Waals surface area contributed by atoms with E-state index in [1.54, 1.807) is 0 Å². The topological polar surface area (TPSA) is 72.8 Å². The summed E-state index contributed by atoms with van der Waals surface area (Å²) in [5.41, 5.74) is 0. The van der Waals surface area contributed by atoms with Crippen LogP contribution in [0.3, 0.4) is 0 Å². The molecule has 0 aromatic heterocycles. The van der Waals surface area contributed by atoms with Crippen LogP contribution in [0.25, 0.3) is 0 Å². The average molecular weight is 960 g/mol. The molecule has 0 fully saturated rings. The molecule has 0 aromatic rings. The molecular formula is C63H122O5. The van der Waals surface area contributed by atoms with Crippen LogP contribution in [0.4, 0.5) is 0 Å². The molecule has 1 atom stereocenters. The third kappa shape index (κ3) is 57.2. The minimum atomic E-state index is -0.771. The van der Waals surface area contributed by atoms with Crippen molar-refractivity contribution in [1.82, 2.24) is 0 Å². The SMILES string of the molecule is CCCCCC/C=C\CCCCCCCC(=O)OC(CO)COC(=O)CCCCCCCCCCCCCCCCCCCCCCCCCCCCCCCCCCCCCCCCCCC. The summed E-state index contributed by atoms with van der Waals surface area (Å²) in [7, 11) is 0. The molecule has 1 N–H and O–H groups in total. The number of aliphatic hydroxyl groups excluding tert-OH is 1. The molecule has 0 spiro atoms. The smallest absolute Gasteiger partial charge is 0.306 e. The average Bonchev–Trinajstić information content (AvgIpc) is 3.34. The monoisotopic (exact) mass is 959 g/mol. The van der Waals surface area contributed by atoms with Gasteiger partial charge in [0.1, 0.15) is 6.61 Å². The van der Waals surface area contributed by atoms with Gasteiger partial charge in [-0.3, -0.25) is 9.59 Å². The summed E-state index contributed by atoms with van der Waals surface area (Å²) in [4.78, 5) is 24.4. The number of ether oxygens (including phenoxy) is 2. The van der Waals surface area contributed by atoms with E-state index in [9.17, 15) is 14.7 Å². The van der Waals surface area contributed by atoms with Crippen LogP contribution in [-0.4, -0.2) is 36.4 Å². The van der Waals surface area contributed by atoms with E-state index in [0.29, 0.717) is 12.8 Å². The summed E-state index contributed by atoms with van der Waals surface area (Å²) in [6.45, 7) is 4.16. The molecule has 0 saturated carbocycles. The molecule has 0 heterocycles. The van der Waals surface area contributed by atoms with Crippen molar-refractivity contribution >= 4 is 11.9 Å². The maximum atomic E-state index is 12.2. The fourth-order valence-electron chi connectivity index (χ4n) is 9.85. The van der Waals surface area contributed by atoms with Crippen LogP contribution >= 0.6 is 0 Å². The second-order valence-corrected chi connectivity index (χ2v) is 21.5. The lowest BCUT2D eigenvalue weighted by Crippen LogP contribution is -2.28. The molecule has 0 aliphatic heterocycles. The van der Waals surface area contributed by atoms with Crippen molar-refractivity contribution in [2.75, 3.05) is 13.2 Å². The first-order valence-corrected chi connectivity index (χ1v) is 31.2. The van der Waals surface area contributed by atoms with Crippen LogP contribution in [0.1, 0.15) is 361 Å². The lowest BCUT2D eigenvalue weighted by atomic mass is 10.0. The second kappa shape index (κ2) is 59.9. The Labute approximate surface area is 426 Å². The van der Waals surface area contributed by atoms with Crippen molar-refractivity contribution in [3.8, 4) is 0 Å². The number of hydrogen-bond acceptors (Lipinski definition) is 5. The maximum absolute atomic E-state index is 12.2. The molecule has 0 rings (SSSR count). The van der Waals surface area contributed by atoms with Crippen LogP contribution < -0.4 is 0 Å². The van der Waals surface area contributed by atoms with Crippen molar-refractivity contribution in [2.24, 2.45) is 0 Å². The van der Waals surface area contributed by atoms with Gasteiger partial charge in [0.15, 0.2) is 6.10 Å². The van der Waals surface area contributed by atoms with E-state index in [2.05, 4.69) is 26.0 Å².